The van der Waals surface area contributed by atoms with Crippen LogP contribution >= 0.6 is 11.3 Å². The number of hydrogen-bond donors (Lipinski definition) is 1. The topological polar surface area (TPSA) is 79.4 Å². The van der Waals surface area contributed by atoms with E-state index in [-0.39, 0.29) is 11.6 Å². The zero-order valence-corrected chi connectivity index (χ0v) is 19.4. The highest BCUT2D eigenvalue weighted by molar-refractivity contribution is 7.92. The molecule has 1 amide bonds. The van der Waals surface area contributed by atoms with E-state index < -0.39 is 26.6 Å². The normalized spacial score (nSPS) is 13.3. The molecule has 34 heavy (non-hydrogen) atoms. The fourth-order valence-corrected chi connectivity index (χ4v) is 5.86. The summed E-state index contributed by atoms with van der Waals surface area (Å²) in [6.45, 7) is 0.598. The van der Waals surface area contributed by atoms with Gasteiger partial charge in [-0.3, -0.25) is 14.5 Å². The molecule has 6 nitrogen and oxygen atoms in total. The van der Waals surface area contributed by atoms with Gasteiger partial charge in [-0.15, -0.1) is 11.3 Å². The summed E-state index contributed by atoms with van der Waals surface area (Å²) >= 11 is 1.47. The number of fused-ring (bicyclic) bond motifs is 1. The number of pyridine rings is 1. The largest absolute Gasteiger partial charge is 0.337 e. The number of sulfonamides is 1. The van der Waals surface area contributed by atoms with Crippen LogP contribution in [0.4, 0.5) is 14.5 Å². The molecule has 0 saturated heterocycles. The van der Waals surface area contributed by atoms with Crippen molar-refractivity contribution in [2.24, 2.45) is 0 Å². The second-order valence-corrected chi connectivity index (χ2v) is 10.6. The number of carbonyl (C=O) groups excluding carboxylic acids is 1. The monoisotopic (exact) mass is 497 g/mol. The summed E-state index contributed by atoms with van der Waals surface area (Å²) in [4.78, 5) is 19.2. The Hall–Kier alpha value is -3.63. The predicted molar refractivity (Wildman–Crippen MR) is 126 cm³/mol. The van der Waals surface area contributed by atoms with E-state index in [0.29, 0.717) is 23.7 Å². The third-order valence-corrected chi connectivity index (χ3v) is 8.04. The molecule has 0 radical (unpaired) electrons. The lowest BCUT2D eigenvalue weighted by Gasteiger charge is -2.09. The van der Waals surface area contributed by atoms with Gasteiger partial charge in [0.05, 0.1) is 11.9 Å². The Balaban J connectivity index is 1.41. The van der Waals surface area contributed by atoms with Gasteiger partial charge in [-0.25, -0.2) is 17.2 Å². The molecule has 2 aromatic carbocycles. The Bertz CT molecular complexity index is 1550. The van der Waals surface area contributed by atoms with Gasteiger partial charge in [0.15, 0.2) is 0 Å². The summed E-state index contributed by atoms with van der Waals surface area (Å²) in [6, 6.07) is 13.5. The van der Waals surface area contributed by atoms with E-state index >= 15 is 0 Å². The van der Waals surface area contributed by atoms with Crippen LogP contribution in [0.25, 0.3) is 20.9 Å². The van der Waals surface area contributed by atoms with Crippen molar-refractivity contribution in [1.82, 2.24) is 9.88 Å². The van der Waals surface area contributed by atoms with Crippen molar-refractivity contribution in [3.05, 3.63) is 89.8 Å². The molecule has 1 aliphatic rings. The van der Waals surface area contributed by atoms with Gasteiger partial charge in [-0.05, 0) is 47.5 Å². The Labute approximate surface area is 198 Å². The minimum absolute atomic E-state index is 0.00425. The first-order chi connectivity index (χ1) is 16.2. The maximum absolute atomic E-state index is 14.0. The van der Waals surface area contributed by atoms with Crippen molar-refractivity contribution < 1.29 is 22.0 Å². The van der Waals surface area contributed by atoms with Crippen molar-refractivity contribution in [3.63, 3.8) is 0 Å². The van der Waals surface area contributed by atoms with E-state index in [2.05, 4.69) is 9.71 Å². The van der Waals surface area contributed by atoms with Crippen LogP contribution in [0.1, 0.15) is 15.9 Å². The number of nitrogens with one attached hydrogen (secondary N) is 1. The van der Waals surface area contributed by atoms with Gasteiger partial charge in [0, 0.05) is 46.7 Å². The fraction of sp³-hybridized carbons (Fsp3) is 0.0833. The quantitative estimate of drug-likeness (QED) is 0.414. The van der Waals surface area contributed by atoms with E-state index in [9.17, 15) is 22.0 Å². The third-order valence-electron chi connectivity index (χ3n) is 5.44. The molecule has 10 heteroatoms. The molecular weight excluding hydrogens is 480 g/mol. The summed E-state index contributed by atoms with van der Waals surface area (Å²) in [6.07, 6.45) is 2.90. The highest BCUT2D eigenvalue weighted by Crippen LogP contribution is 2.37. The van der Waals surface area contributed by atoms with E-state index in [1.807, 2.05) is 30.3 Å². The molecule has 0 bridgehead atoms. The molecule has 1 N–H and O–H groups in total. The van der Waals surface area contributed by atoms with Crippen LogP contribution in [0.3, 0.4) is 0 Å². The van der Waals surface area contributed by atoms with Gasteiger partial charge in [0.1, 0.15) is 16.5 Å². The average Bonchev–Trinajstić information content (AvgIpc) is 3.38. The molecule has 2 aromatic heterocycles. The van der Waals surface area contributed by atoms with Crippen molar-refractivity contribution in [2.75, 3.05) is 11.8 Å². The van der Waals surface area contributed by atoms with E-state index in [1.54, 1.807) is 24.2 Å². The molecule has 0 atom stereocenters. The number of hydrogen-bond acceptors (Lipinski definition) is 5. The van der Waals surface area contributed by atoms with Crippen LogP contribution in [0, 0.1) is 11.6 Å². The van der Waals surface area contributed by atoms with E-state index in [4.69, 9.17) is 0 Å². The molecular formula is C24H17F2N3O3S2. The Morgan fingerprint density at radius 2 is 1.74 bits per heavy atom. The van der Waals surface area contributed by atoms with E-state index in [0.717, 1.165) is 33.0 Å². The van der Waals surface area contributed by atoms with Crippen LogP contribution in [0.5, 0.6) is 0 Å². The molecule has 4 aromatic rings. The number of amides is 1. The Morgan fingerprint density at radius 1 is 0.971 bits per heavy atom. The summed E-state index contributed by atoms with van der Waals surface area (Å²) in [5, 5.41) is 0. The highest BCUT2D eigenvalue weighted by atomic mass is 32.2. The van der Waals surface area contributed by atoms with Crippen molar-refractivity contribution >= 4 is 33.0 Å². The van der Waals surface area contributed by atoms with Gasteiger partial charge >= 0.3 is 0 Å². The molecule has 3 heterocycles. The maximum Gasteiger partial charge on any atom is 0.264 e. The highest BCUT2D eigenvalue weighted by Gasteiger charge is 2.25. The van der Waals surface area contributed by atoms with E-state index in [1.165, 1.54) is 17.5 Å². The summed E-state index contributed by atoms with van der Waals surface area (Å²) in [7, 11) is -2.51. The molecule has 0 spiro atoms. The van der Waals surface area contributed by atoms with Gasteiger partial charge in [-0.2, -0.15) is 0 Å². The lowest BCUT2D eigenvalue weighted by Crippen LogP contribution is -2.17. The lowest BCUT2D eigenvalue weighted by molar-refractivity contribution is 0.0816. The first-order valence-electron chi connectivity index (χ1n) is 10.1. The molecule has 0 saturated carbocycles. The first-order valence-corrected chi connectivity index (χ1v) is 12.4. The number of benzene rings is 2. The van der Waals surface area contributed by atoms with Crippen LogP contribution in [-0.4, -0.2) is 31.3 Å². The molecule has 1 aliphatic heterocycles. The molecule has 5 rings (SSSR count). The van der Waals surface area contributed by atoms with Crippen LogP contribution < -0.4 is 4.72 Å². The number of carbonyl (C=O) groups is 1. The van der Waals surface area contributed by atoms with Crippen molar-refractivity contribution in [1.29, 1.82) is 0 Å². The minimum Gasteiger partial charge on any atom is -0.337 e. The first kappa shape index (κ1) is 22.2. The maximum atomic E-state index is 14.0. The van der Waals surface area contributed by atoms with Crippen LogP contribution in [-0.2, 0) is 16.6 Å². The second kappa shape index (κ2) is 8.30. The van der Waals surface area contributed by atoms with Gasteiger partial charge < -0.3 is 4.90 Å². The Morgan fingerprint density at radius 3 is 2.50 bits per heavy atom. The average molecular weight is 498 g/mol. The molecule has 0 fully saturated rings. The number of thiophene rings is 1. The summed E-state index contributed by atoms with van der Waals surface area (Å²) in [5.41, 5.74) is 3.40. The molecule has 0 unspecified atom stereocenters. The Kier molecular flexibility index (Phi) is 5.41. The SMILES string of the molecule is CN1Cc2ccc(-c3ccc(-c4cncc(NS(=O)(=O)c5ccc(F)cc5F)c4)s3)cc2C1=O. The minimum atomic E-state index is -4.28. The van der Waals surface area contributed by atoms with Gasteiger partial charge in [-0.1, -0.05) is 12.1 Å². The zero-order chi connectivity index (χ0) is 24.0. The van der Waals surface area contributed by atoms with Gasteiger partial charge in [0.2, 0.25) is 0 Å². The number of anilines is 1. The number of rotatable bonds is 5. The molecule has 172 valence electrons. The van der Waals surface area contributed by atoms with Gasteiger partial charge in [0.25, 0.3) is 15.9 Å². The summed E-state index contributed by atoms with van der Waals surface area (Å²) in [5.74, 6) is -2.05. The standard InChI is InChI=1S/C24H17F2N3O3S2/c1-29-13-15-3-2-14(9-19(15)24(29)30)21-5-6-22(33-21)16-8-18(12-27-11-16)28-34(31,32)23-7-4-17(25)10-20(23)26/h2-12,28H,13H2,1H3. The smallest absolute Gasteiger partial charge is 0.264 e. The second-order valence-electron chi connectivity index (χ2n) is 7.84. The number of aromatic nitrogens is 1. The van der Waals surface area contributed by atoms with Crippen molar-refractivity contribution in [2.45, 2.75) is 11.4 Å². The van der Waals surface area contributed by atoms with Crippen LogP contribution in [0.2, 0.25) is 0 Å². The third kappa shape index (κ3) is 4.06. The van der Waals surface area contributed by atoms with Crippen molar-refractivity contribution in [3.8, 4) is 20.9 Å². The lowest BCUT2D eigenvalue weighted by atomic mass is 10.1. The number of nitrogens with zero attached hydrogens (tertiary/aromatic N) is 2. The fourth-order valence-electron chi connectivity index (χ4n) is 3.78. The zero-order valence-electron chi connectivity index (χ0n) is 17.7. The predicted octanol–water partition coefficient (Wildman–Crippen LogP) is 5.14. The summed E-state index contributed by atoms with van der Waals surface area (Å²) < 4.78 is 54.6. The van der Waals surface area contributed by atoms with Crippen LogP contribution in [0.15, 0.2) is 71.9 Å². The number of halogens is 2. The molecule has 0 aliphatic carbocycles.